The van der Waals surface area contributed by atoms with E-state index >= 15 is 0 Å². The van der Waals surface area contributed by atoms with Crippen LogP contribution in [0, 0.1) is 0 Å². The summed E-state index contributed by atoms with van der Waals surface area (Å²) in [5, 5.41) is 7.15. The van der Waals surface area contributed by atoms with Crippen molar-refractivity contribution in [3.8, 4) is 0 Å². The highest BCUT2D eigenvalue weighted by Crippen LogP contribution is 2.10. The molecule has 0 rings (SSSR count). The van der Waals surface area contributed by atoms with Crippen molar-refractivity contribution in [1.29, 1.82) is 0 Å². The molecule has 0 radical (unpaired) electrons. The molecule has 0 aromatic rings. The van der Waals surface area contributed by atoms with Gasteiger partial charge in [0.05, 0.1) is 0 Å². The number of hydrogen-bond acceptors (Lipinski definition) is 2. The second-order valence-electron chi connectivity index (χ2n) is 5.95. The minimum atomic E-state index is -0.476. The molecule has 20 heavy (non-hydrogen) atoms. The lowest BCUT2D eigenvalue weighted by Crippen LogP contribution is -2.41. The molecule has 6 nitrogen and oxygen atoms in total. The summed E-state index contributed by atoms with van der Waals surface area (Å²) in [6.45, 7) is 15.3. The van der Waals surface area contributed by atoms with Crippen LogP contribution in [-0.2, 0) is 0 Å². The first-order valence-electron chi connectivity index (χ1n) is 7.15. The number of urea groups is 2. The van der Waals surface area contributed by atoms with E-state index in [0.29, 0.717) is 0 Å². The largest absolute Gasteiger partial charge is 0.362 e. The van der Waals surface area contributed by atoms with Gasteiger partial charge in [-0.2, -0.15) is 0 Å². The van der Waals surface area contributed by atoms with Crippen molar-refractivity contribution in [3.05, 3.63) is 0 Å². The van der Waals surface area contributed by atoms with Crippen LogP contribution in [0.3, 0.4) is 0 Å². The van der Waals surface area contributed by atoms with Gasteiger partial charge >= 0.3 is 12.1 Å². The van der Waals surface area contributed by atoms with Gasteiger partial charge in [0.25, 0.3) is 0 Å². The van der Waals surface area contributed by atoms with Crippen LogP contribution in [0.25, 0.3) is 0 Å². The maximum atomic E-state index is 12.0. The van der Waals surface area contributed by atoms with Gasteiger partial charge in [-0.1, -0.05) is 10.2 Å². The highest BCUT2D eigenvalue weighted by atomic mass is 16.2. The van der Waals surface area contributed by atoms with Crippen LogP contribution in [0.4, 0.5) is 9.59 Å². The van der Waals surface area contributed by atoms with Gasteiger partial charge < -0.3 is 9.80 Å². The molecular weight excluding hydrogens is 256 g/mol. The lowest BCUT2D eigenvalue weighted by molar-refractivity contribution is 0.165. The molecule has 0 atom stereocenters. The van der Waals surface area contributed by atoms with Crippen molar-refractivity contribution in [1.82, 2.24) is 9.80 Å². The second kappa shape index (κ2) is 7.97. The van der Waals surface area contributed by atoms with E-state index in [0.717, 1.165) is 0 Å². The molecule has 0 spiro atoms. The van der Waals surface area contributed by atoms with E-state index in [9.17, 15) is 9.59 Å². The Bertz CT molecular complexity index is 312. The van der Waals surface area contributed by atoms with Crippen LogP contribution < -0.4 is 0 Å². The molecule has 0 aromatic carbocycles. The Balaban J connectivity index is 4.93. The fourth-order valence-electron chi connectivity index (χ4n) is 2.26. The lowest BCUT2D eigenvalue weighted by atomic mass is 10.2. The average molecular weight is 284 g/mol. The predicted molar refractivity (Wildman–Crippen MR) is 79.9 cm³/mol. The van der Waals surface area contributed by atoms with Crippen molar-refractivity contribution >= 4 is 12.1 Å². The molecule has 116 valence electrons. The lowest BCUT2D eigenvalue weighted by Gasteiger charge is -2.29. The second-order valence-corrected chi connectivity index (χ2v) is 5.95. The number of azo groups is 1. The SMILES string of the molecule is CC(C)N(C(=O)/N=N/C(=O)N(C(C)C)C(C)C)C(C)C. The van der Waals surface area contributed by atoms with Crippen molar-refractivity contribution < 1.29 is 9.59 Å². The Morgan fingerprint density at radius 1 is 0.600 bits per heavy atom. The summed E-state index contributed by atoms with van der Waals surface area (Å²) >= 11 is 0. The van der Waals surface area contributed by atoms with Crippen LogP contribution in [0.1, 0.15) is 55.4 Å². The Kier molecular flexibility index (Phi) is 7.39. The third-order valence-corrected chi connectivity index (χ3v) is 2.89. The zero-order chi connectivity index (χ0) is 16.0. The topological polar surface area (TPSA) is 65.3 Å². The molecule has 6 heteroatoms. The van der Waals surface area contributed by atoms with Crippen molar-refractivity contribution in [2.45, 2.75) is 79.6 Å². The first kappa shape index (κ1) is 18.5. The molecule has 0 aromatic heterocycles. The van der Waals surface area contributed by atoms with E-state index in [1.165, 1.54) is 0 Å². The third-order valence-electron chi connectivity index (χ3n) is 2.89. The number of hydrogen-bond donors (Lipinski definition) is 0. The standard InChI is InChI=1S/C14H28N4O2/c1-9(2)17(10(3)4)13(19)15-16-14(20)18(11(5)6)12(7)8/h9-12H,1-8H3/b16-15+. The Labute approximate surface area is 122 Å². The monoisotopic (exact) mass is 284 g/mol. The van der Waals surface area contributed by atoms with Crippen molar-refractivity contribution in [2.24, 2.45) is 10.2 Å². The molecule has 0 heterocycles. The third kappa shape index (κ3) is 5.27. The summed E-state index contributed by atoms with van der Waals surface area (Å²) in [5.41, 5.74) is 0. The molecule has 0 fully saturated rings. The van der Waals surface area contributed by atoms with E-state index < -0.39 is 12.1 Å². The van der Waals surface area contributed by atoms with E-state index in [4.69, 9.17) is 0 Å². The van der Waals surface area contributed by atoms with Crippen LogP contribution >= 0.6 is 0 Å². The predicted octanol–water partition coefficient (Wildman–Crippen LogP) is 3.92. The first-order valence-corrected chi connectivity index (χ1v) is 7.15. The van der Waals surface area contributed by atoms with Crippen LogP contribution in [0.5, 0.6) is 0 Å². The first-order chi connectivity index (χ1) is 9.09. The van der Waals surface area contributed by atoms with E-state index in [-0.39, 0.29) is 24.2 Å². The molecule has 0 saturated carbocycles. The van der Waals surface area contributed by atoms with E-state index in [1.807, 2.05) is 55.4 Å². The van der Waals surface area contributed by atoms with Gasteiger partial charge in [-0.3, -0.25) is 0 Å². The molecular formula is C14H28N4O2. The summed E-state index contributed by atoms with van der Waals surface area (Å²) in [6.07, 6.45) is 0. The highest BCUT2D eigenvalue weighted by molar-refractivity contribution is 5.80. The number of carbonyl (C=O) groups excluding carboxylic acids is 2. The quantitative estimate of drug-likeness (QED) is 0.734. The molecule has 0 N–H and O–H groups in total. The highest BCUT2D eigenvalue weighted by Gasteiger charge is 2.22. The Morgan fingerprint density at radius 3 is 0.950 bits per heavy atom. The van der Waals surface area contributed by atoms with Crippen LogP contribution in [0.2, 0.25) is 0 Å². The number of carbonyl (C=O) groups is 2. The maximum Gasteiger partial charge on any atom is 0.362 e. The minimum absolute atomic E-state index is 0.0165. The van der Waals surface area contributed by atoms with Crippen molar-refractivity contribution in [2.75, 3.05) is 0 Å². The Hall–Kier alpha value is -1.46. The molecule has 0 bridgehead atoms. The van der Waals surface area contributed by atoms with Gasteiger partial charge in [0, 0.05) is 24.2 Å². The fourth-order valence-corrected chi connectivity index (χ4v) is 2.26. The van der Waals surface area contributed by atoms with E-state index in [2.05, 4.69) is 10.2 Å². The molecule has 0 aliphatic heterocycles. The fraction of sp³-hybridized carbons (Fsp3) is 0.857. The summed E-state index contributed by atoms with van der Waals surface area (Å²) in [6, 6.07) is -0.886. The maximum absolute atomic E-state index is 12.0. The van der Waals surface area contributed by atoms with Gasteiger partial charge in [0.2, 0.25) is 0 Å². The minimum Gasteiger partial charge on any atom is -0.317 e. The summed E-state index contributed by atoms with van der Waals surface area (Å²) in [7, 11) is 0. The van der Waals surface area contributed by atoms with Gasteiger partial charge in [0.1, 0.15) is 0 Å². The van der Waals surface area contributed by atoms with Crippen molar-refractivity contribution in [3.63, 3.8) is 0 Å². The van der Waals surface area contributed by atoms with Gasteiger partial charge in [0.15, 0.2) is 0 Å². The molecule has 0 aliphatic rings. The number of amides is 4. The molecule has 0 unspecified atom stereocenters. The summed E-state index contributed by atoms with van der Waals surface area (Å²) < 4.78 is 0. The average Bonchev–Trinajstić information content (AvgIpc) is 2.23. The molecule has 4 amide bonds. The van der Waals surface area contributed by atoms with Gasteiger partial charge in [-0.25, -0.2) is 9.59 Å². The van der Waals surface area contributed by atoms with Gasteiger partial charge in [-0.05, 0) is 55.4 Å². The zero-order valence-electron chi connectivity index (χ0n) is 13.9. The molecule has 0 saturated heterocycles. The molecule has 0 aliphatic carbocycles. The summed E-state index contributed by atoms with van der Waals surface area (Å²) in [5.74, 6) is 0. The smallest absolute Gasteiger partial charge is 0.317 e. The van der Waals surface area contributed by atoms with Crippen LogP contribution in [0.15, 0.2) is 10.2 Å². The normalized spacial score (nSPS) is 12.0. The van der Waals surface area contributed by atoms with E-state index in [1.54, 1.807) is 9.80 Å². The summed E-state index contributed by atoms with van der Waals surface area (Å²) in [4.78, 5) is 27.2. The van der Waals surface area contributed by atoms with Gasteiger partial charge in [-0.15, -0.1) is 0 Å². The number of nitrogens with zero attached hydrogens (tertiary/aromatic N) is 4. The van der Waals surface area contributed by atoms with Crippen LogP contribution in [-0.4, -0.2) is 46.0 Å². The zero-order valence-corrected chi connectivity index (χ0v) is 13.9. The Morgan fingerprint density at radius 2 is 0.800 bits per heavy atom. The number of rotatable bonds is 4.